The molecule has 0 aliphatic heterocycles. The number of hydrogen-bond acceptors (Lipinski definition) is 7. The Morgan fingerprint density at radius 3 is 2.60 bits per heavy atom. The highest BCUT2D eigenvalue weighted by Crippen LogP contribution is 2.41. The summed E-state index contributed by atoms with van der Waals surface area (Å²) in [4.78, 5) is 15.8. The second-order valence-corrected chi connectivity index (χ2v) is 8.37. The number of carbonyl (C=O) groups excluding carboxylic acids is 1. The normalized spacial score (nSPS) is 13.6. The Morgan fingerprint density at radius 1 is 1.14 bits per heavy atom. The van der Waals surface area contributed by atoms with Crippen LogP contribution in [0, 0.1) is 0 Å². The molecule has 0 saturated heterocycles. The van der Waals surface area contributed by atoms with Gasteiger partial charge in [-0.15, -0.1) is 14.8 Å². The van der Waals surface area contributed by atoms with Crippen LogP contribution in [0.4, 0.5) is 11.5 Å². The van der Waals surface area contributed by atoms with E-state index in [4.69, 9.17) is 20.3 Å². The average Bonchev–Trinajstić information content (AvgIpc) is 3.53. The molecule has 1 aliphatic carbocycles. The third kappa shape index (κ3) is 4.40. The minimum atomic E-state index is -0.277. The zero-order chi connectivity index (χ0) is 24.4. The van der Waals surface area contributed by atoms with E-state index in [1.54, 1.807) is 19.2 Å². The Hall–Kier alpha value is -4.40. The summed E-state index contributed by atoms with van der Waals surface area (Å²) in [6.07, 6.45) is 7.30. The van der Waals surface area contributed by atoms with E-state index in [0.29, 0.717) is 34.2 Å². The Kier molecular flexibility index (Phi) is 6.05. The number of nitrogen functional groups attached to an aromatic ring is 1. The number of benzene rings is 2. The van der Waals surface area contributed by atoms with Gasteiger partial charge in [0.15, 0.2) is 17.3 Å². The number of rotatable bonds is 7. The number of anilines is 2. The minimum Gasteiger partial charge on any atom is -0.493 e. The van der Waals surface area contributed by atoms with Gasteiger partial charge in [-0.1, -0.05) is 24.8 Å². The van der Waals surface area contributed by atoms with Gasteiger partial charge < -0.3 is 20.5 Å². The van der Waals surface area contributed by atoms with Crippen LogP contribution >= 0.6 is 0 Å². The molecule has 0 bridgehead atoms. The van der Waals surface area contributed by atoms with Crippen LogP contribution < -0.4 is 20.5 Å². The SMILES string of the molecule is C=CC(=O)Nc1ccc(-c2nn3ncnc(N)c3c2-c2ccc(OC3CCCC3)c(OC)c2)cc1. The number of carbonyl (C=O) groups is 1. The maximum absolute atomic E-state index is 11.6. The van der Waals surface area contributed by atoms with E-state index >= 15 is 0 Å². The Bertz CT molecular complexity index is 1390. The molecule has 2 aromatic heterocycles. The van der Waals surface area contributed by atoms with Crippen LogP contribution in [0.1, 0.15) is 25.7 Å². The zero-order valence-electron chi connectivity index (χ0n) is 19.4. The van der Waals surface area contributed by atoms with E-state index in [2.05, 4.69) is 22.0 Å². The van der Waals surface area contributed by atoms with Crippen molar-refractivity contribution < 1.29 is 14.3 Å². The lowest BCUT2D eigenvalue weighted by Gasteiger charge is -2.17. The number of nitrogens with two attached hydrogens (primary N) is 1. The lowest BCUT2D eigenvalue weighted by molar-refractivity contribution is -0.111. The van der Waals surface area contributed by atoms with Crippen molar-refractivity contribution in [2.75, 3.05) is 18.2 Å². The minimum absolute atomic E-state index is 0.214. The molecule has 2 heterocycles. The highest BCUT2D eigenvalue weighted by atomic mass is 16.5. The van der Waals surface area contributed by atoms with Crippen molar-refractivity contribution in [3.8, 4) is 33.9 Å². The molecule has 2 aromatic carbocycles. The average molecular weight is 471 g/mol. The van der Waals surface area contributed by atoms with Crippen molar-refractivity contribution in [2.24, 2.45) is 0 Å². The fourth-order valence-corrected chi connectivity index (χ4v) is 4.41. The second kappa shape index (κ2) is 9.46. The molecule has 35 heavy (non-hydrogen) atoms. The van der Waals surface area contributed by atoms with Crippen molar-refractivity contribution in [1.82, 2.24) is 19.8 Å². The standard InChI is InChI=1S/C26H26N6O3/c1-3-22(33)30-18-11-8-16(9-12-18)24-23(25-26(27)28-15-29-32(25)31-24)17-10-13-20(21(14-17)34-2)35-19-6-4-5-7-19/h3,8-15,19H,1,4-7H2,2H3,(H,30,33)(H2,27,28,29). The van der Waals surface area contributed by atoms with Crippen LogP contribution in [0.5, 0.6) is 11.5 Å². The van der Waals surface area contributed by atoms with E-state index < -0.39 is 0 Å². The van der Waals surface area contributed by atoms with Gasteiger partial charge in [0.1, 0.15) is 17.5 Å². The van der Waals surface area contributed by atoms with Crippen molar-refractivity contribution in [2.45, 2.75) is 31.8 Å². The molecule has 1 aliphatic rings. The van der Waals surface area contributed by atoms with Crippen LogP contribution in [0.3, 0.4) is 0 Å². The topological polar surface area (TPSA) is 117 Å². The summed E-state index contributed by atoms with van der Waals surface area (Å²) in [6, 6.07) is 13.2. The van der Waals surface area contributed by atoms with Crippen molar-refractivity contribution in [3.63, 3.8) is 0 Å². The van der Waals surface area contributed by atoms with Crippen LogP contribution in [0.15, 0.2) is 61.4 Å². The van der Waals surface area contributed by atoms with Gasteiger partial charge in [-0.3, -0.25) is 4.79 Å². The molecule has 3 N–H and O–H groups in total. The molecule has 178 valence electrons. The van der Waals surface area contributed by atoms with Crippen molar-refractivity contribution >= 4 is 22.9 Å². The summed E-state index contributed by atoms with van der Waals surface area (Å²) in [7, 11) is 1.63. The highest BCUT2D eigenvalue weighted by Gasteiger charge is 2.23. The Morgan fingerprint density at radius 2 is 1.89 bits per heavy atom. The first-order chi connectivity index (χ1) is 17.1. The molecule has 0 unspecified atom stereocenters. The number of fused-ring (bicyclic) bond motifs is 1. The fourth-order valence-electron chi connectivity index (χ4n) is 4.41. The third-order valence-electron chi connectivity index (χ3n) is 6.13. The van der Waals surface area contributed by atoms with Crippen LogP contribution in [-0.4, -0.2) is 38.9 Å². The third-order valence-corrected chi connectivity index (χ3v) is 6.13. The Balaban J connectivity index is 1.60. The molecule has 1 fully saturated rings. The fraction of sp³-hybridized carbons (Fsp3) is 0.231. The van der Waals surface area contributed by atoms with Gasteiger partial charge in [0.2, 0.25) is 5.91 Å². The number of methoxy groups -OCH3 is 1. The number of ether oxygens (including phenoxy) is 2. The number of nitrogens with one attached hydrogen (secondary N) is 1. The summed E-state index contributed by atoms with van der Waals surface area (Å²) >= 11 is 0. The summed E-state index contributed by atoms with van der Waals surface area (Å²) in [5.41, 5.74) is 10.6. The maximum Gasteiger partial charge on any atom is 0.247 e. The number of aromatic nitrogens is 4. The quantitative estimate of drug-likeness (QED) is 0.382. The molecule has 4 aromatic rings. The molecule has 0 atom stereocenters. The van der Waals surface area contributed by atoms with Crippen LogP contribution in [0.25, 0.3) is 27.9 Å². The molecule has 9 nitrogen and oxygen atoms in total. The largest absolute Gasteiger partial charge is 0.493 e. The lowest BCUT2D eigenvalue weighted by atomic mass is 9.99. The number of amides is 1. The van der Waals surface area contributed by atoms with E-state index in [1.807, 2.05) is 30.3 Å². The smallest absolute Gasteiger partial charge is 0.247 e. The predicted octanol–water partition coefficient (Wildman–Crippen LogP) is 4.50. The van der Waals surface area contributed by atoms with Gasteiger partial charge in [-0.25, -0.2) is 4.98 Å². The number of hydrogen-bond donors (Lipinski definition) is 2. The van der Waals surface area contributed by atoms with E-state index in [1.165, 1.54) is 29.9 Å². The monoisotopic (exact) mass is 470 g/mol. The second-order valence-electron chi connectivity index (χ2n) is 8.37. The van der Waals surface area contributed by atoms with Gasteiger partial charge in [-0.05, 0) is 61.6 Å². The van der Waals surface area contributed by atoms with Gasteiger partial charge in [-0.2, -0.15) is 0 Å². The summed E-state index contributed by atoms with van der Waals surface area (Å²) in [5.74, 6) is 1.39. The molecule has 5 rings (SSSR count). The molecule has 1 amide bonds. The Labute approximate surface area is 202 Å². The molecule has 0 radical (unpaired) electrons. The molecular weight excluding hydrogens is 444 g/mol. The summed E-state index contributed by atoms with van der Waals surface area (Å²) in [6.45, 7) is 3.48. The first-order valence-electron chi connectivity index (χ1n) is 11.5. The van der Waals surface area contributed by atoms with Crippen LogP contribution in [-0.2, 0) is 4.79 Å². The van der Waals surface area contributed by atoms with Crippen molar-refractivity contribution in [1.29, 1.82) is 0 Å². The van der Waals surface area contributed by atoms with E-state index in [0.717, 1.165) is 29.5 Å². The summed E-state index contributed by atoms with van der Waals surface area (Å²) < 4.78 is 13.4. The van der Waals surface area contributed by atoms with Gasteiger partial charge in [0.25, 0.3) is 0 Å². The zero-order valence-corrected chi connectivity index (χ0v) is 19.4. The maximum atomic E-state index is 11.6. The molecule has 1 saturated carbocycles. The van der Waals surface area contributed by atoms with Gasteiger partial charge in [0, 0.05) is 16.8 Å². The molecule has 0 spiro atoms. The van der Waals surface area contributed by atoms with Gasteiger partial charge in [0.05, 0.1) is 13.2 Å². The van der Waals surface area contributed by atoms with Gasteiger partial charge >= 0.3 is 0 Å². The first kappa shape index (κ1) is 22.4. The van der Waals surface area contributed by atoms with E-state index in [9.17, 15) is 4.79 Å². The van der Waals surface area contributed by atoms with Crippen LogP contribution in [0.2, 0.25) is 0 Å². The molecular formula is C26H26N6O3. The van der Waals surface area contributed by atoms with Crippen molar-refractivity contribution in [3.05, 3.63) is 61.4 Å². The number of nitrogens with zero attached hydrogens (tertiary/aromatic N) is 4. The lowest BCUT2D eigenvalue weighted by Crippen LogP contribution is -2.11. The first-order valence-corrected chi connectivity index (χ1v) is 11.5. The predicted molar refractivity (Wildman–Crippen MR) is 134 cm³/mol. The van der Waals surface area contributed by atoms with E-state index in [-0.39, 0.29) is 12.0 Å². The highest BCUT2D eigenvalue weighted by molar-refractivity contribution is 5.99. The molecule has 9 heteroatoms. The summed E-state index contributed by atoms with van der Waals surface area (Å²) in [5, 5.41) is 11.7.